The van der Waals surface area contributed by atoms with Gasteiger partial charge in [-0.3, -0.25) is 4.79 Å². The second-order valence-electron chi connectivity index (χ2n) is 5.82. The van der Waals surface area contributed by atoms with Crippen LogP contribution in [0.3, 0.4) is 0 Å². The zero-order valence-corrected chi connectivity index (χ0v) is 15.9. The zero-order valence-electron chi connectivity index (χ0n) is 15.9. The number of carbonyl (C=O) groups is 1. The van der Waals surface area contributed by atoms with Crippen molar-refractivity contribution < 1.29 is 23.7 Å². The summed E-state index contributed by atoms with van der Waals surface area (Å²) in [6, 6.07) is 19.3. The molecule has 3 rings (SSSR count). The molecule has 3 aromatic carbocycles. The summed E-state index contributed by atoms with van der Waals surface area (Å²) in [5.74, 6) is 2.97. The summed E-state index contributed by atoms with van der Waals surface area (Å²) in [5.41, 5.74) is 1.03. The second kappa shape index (κ2) is 8.81. The van der Waals surface area contributed by atoms with Gasteiger partial charge in [-0.1, -0.05) is 0 Å². The molecule has 0 aromatic heterocycles. The largest absolute Gasteiger partial charge is 0.497 e. The van der Waals surface area contributed by atoms with Gasteiger partial charge in [0.05, 0.1) is 27.0 Å². The van der Waals surface area contributed by atoms with Crippen molar-refractivity contribution in [3.63, 3.8) is 0 Å². The maximum absolute atomic E-state index is 12.6. The monoisotopic (exact) mass is 379 g/mol. The lowest BCUT2D eigenvalue weighted by molar-refractivity contribution is 0.102. The molecule has 0 atom stereocenters. The zero-order chi connectivity index (χ0) is 19.9. The van der Waals surface area contributed by atoms with Gasteiger partial charge in [-0.15, -0.1) is 0 Å². The average Bonchev–Trinajstić information content (AvgIpc) is 2.74. The molecule has 3 aromatic rings. The molecule has 0 saturated heterocycles. The standard InChI is InChI=1S/C22H21NO5/c1-25-16-8-10-18(11-9-16)28-17-6-4-15(5-7-17)22(24)23-20-14-19(26-2)12-13-21(20)27-3/h4-14H,1-3H3,(H,23,24). The van der Waals surface area contributed by atoms with Gasteiger partial charge in [0, 0.05) is 11.6 Å². The third-order valence-electron chi connectivity index (χ3n) is 4.07. The van der Waals surface area contributed by atoms with Gasteiger partial charge >= 0.3 is 0 Å². The molecule has 0 unspecified atom stereocenters. The molecule has 28 heavy (non-hydrogen) atoms. The maximum Gasteiger partial charge on any atom is 0.255 e. The van der Waals surface area contributed by atoms with E-state index >= 15 is 0 Å². The van der Waals surface area contributed by atoms with E-state index in [1.54, 1.807) is 63.8 Å². The Morgan fingerprint density at radius 3 is 1.79 bits per heavy atom. The number of carbonyl (C=O) groups excluding carboxylic acids is 1. The molecule has 0 aliphatic heterocycles. The summed E-state index contributed by atoms with van der Waals surface area (Å²) in [7, 11) is 4.72. The quantitative estimate of drug-likeness (QED) is 0.641. The highest BCUT2D eigenvalue weighted by atomic mass is 16.5. The Balaban J connectivity index is 1.69. The van der Waals surface area contributed by atoms with E-state index in [4.69, 9.17) is 18.9 Å². The Hall–Kier alpha value is -3.67. The van der Waals surface area contributed by atoms with Gasteiger partial charge in [-0.2, -0.15) is 0 Å². The predicted molar refractivity (Wildman–Crippen MR) is 107 cm³/mol. The van der Waals surface area contributed by atoms with E-state index in [1.807, 2.05) is 24.3 Å². The van der Waals surface area contributed by atoms with Crippen LogP contribution in [-0.2, 0) is 0 Å². The SMILES string of the molecule is COc1ccc(Oc2ccc(C(=O)Nc3cc(OC)ccc3OC)cc2)cc1. The highest BCUT2D eigenvalue weighted by Gasteiger charge is 2.11. The van der Waals surface area contributed by atoms with E-state index in [1.165, 1.54) is 0 Å². The number of ether oxygens (including phenoxy) is 4. The van der Waals surface area contributed by atoms with Crippen LogP contribution in [0.1, 0.15) is 10.4 Å². The maximum atomic E-state index is 12.6. The first-order valence-electron chi connectivity index (χ1n) is 8.58. The minimum Gasteiger partial charge on any atom is -0.497 e. The van der Waals surface area contributed by atoms with Gasteiger partial charge < -0.3 is 24.3 Å². The average molecular weight is 379 g/mol. The smallest absolute Gasteiger partial charge is 0.255 e. The van der Waals surface area contributed by atoms with E-state index in [-0.39, 0.29) is 5.91 Å². The molecule has 0 spiro atoms. The number of hydrogen-bond donors (Lipinski definition) is 1. The lowest BCUT2D eigenvalue weighted by Crippen LogP contribution is -2.12. The molecule has 0 aliphatic carbocycles. The van der Waals surface area contributed by atoms with Crippen molar-refractivity contribution in [2.45, 2.75) is 0 Å². The number of hydrogen-bond acceptors (Lipinski definition) is 5. The van der Waals surface area contributed by atoms with E-state index < -0.39 is 0 Å². The normalized spacial score (nSPS) is 10.1. The van der Waals surface area contributed by atoms with Crippen LogP contribution in [0.2, 0.25) is 0 Å². The Kier molecular flexibility index (Phi) is 6.01. The van der Waals surface area contributed by atoms with Crippen LogP contribution >= 0.6 is 0 Å². The number of amides is 1. The molecule has 1 amide bonds. The van der Waals surface area contributed by atoms with Crippen LogP contribution in [0, 0.1) is 0 Å². The molecule has 0 heterocycles. The van der Waals surface area contributed by atoms with Crippen molar-refractivity contribution in [1.29, 1.82) is 0 Å². The minimum atomic E-state index is -0.262. The summed E-state index contributed by atoms with van der Waals surface area (Å²) in [5, 5.41) is 2.84. The number of anilines is 1. The van der Waals surface area contributed by atoms with Crippen molar-refractivity contribution in [1.82, 2.24) is 0 Å². The molecule has 144 valence electrons. The minimum absolute atomic E-state index is 0.262. The van der Waals surface area contributed by atoms with Crippen LogP contribution in [0.4, 0.5) is 5.69 Å². The van der Waals surface area contributed by atoms with Crippen LogP contribution < -0.4 is 24.3 Å². The fraction of sp³-hybridized carbons (Fsp3) is 0.136. The summed E-state index contributed by atoms with van der Waals surface area (Å²) in [6.07, 6.45) is 0. The number of benzene rings is 3. The highest BCUT2D eigenvalue weighted by molar-refractivity contribution is 6.05. The molecule has 0 bridgehead atoms. The fourth-order valence-corrected chi connectivity index (χ4v) is 2.56. The molecule has 0 saturated carbocycles. The first kappa shape index (κ1) is 19.1. The van der Waals surface area contributed by atoms with Crippen molar-refractivity contribution in [3.8, 4) is 28.7 Å². The summed E-state index contributed by atoms with van der Waals surface area (Å²) in [6.45, 7) is 0. The van der Waals surface area contributed by atoms with Crippen LogP contribution in [0.5, 0.6) is 28.7 Å². The number of methoxy groups -OCH3 is 3. The van der Waals surface area contributed by atoms with Crippen molar-refractivity contribution in [2.24, 2.45) is 0 Å². The van der Waals surface area contributed by atoms with E-state index in [2.05, 4.69) is 5.32 Å². The molecule has 1 N–H and O–H groups in total. The molecule has 0 radical (unpaired) electrons. The van der Waals surface area contributed by atoms with Gasteiger partial charge in [0.25, 0.3) is 5.91 Å². The van der Waals surface area contributed by atoms with E-state index in [9.17, 15) is 4.79 Å². The van der Waals surface area contributed by atoms with Crippen LogP contribution in [-0.4, -0.2) is 27.2 Å². The van der Waals surface area contributed by atoms with E-state index in [0.717, 1.165) is 5.75 Å². The van der Waals surface area contributed by atoms with Gasteiger partial charge in [0.15, 0.2) is 0 Å². The van der Waals surface area contributed by atoms with Crippen molar-refractivity contribution >= 4 is 11.6 Å². The van der Waals surface area contributed by atoms with Gasteiger partial charge in [0.2, 0.25) is 0 Å². The third kappa shape index (κ3) is 4.54. The Morgan fingerprint density at radius 2 is 1.21 bits per heavy atom. The fourth-order valence-electron chi connectivity index (χ4n) is 2.56. The van der Waals surface area contributed by atoms with Crippen LogP contribution in [0.25, 0.3) is 0 Å². The summed E-state index contributed by atoms with van der Waals surface area (Å²) < 4.78 is 21.4. The summed E-state index contributed by atoms with van der Waals surface area (Å²) in [4.78, 5) is 12.6. The topological polar surface area (TPSA) is 66.0 Å². The van der Waals surface area contributed by atoms with Gasteiger partial charge in [-0.05, 0) is 60.7 Å². The van der Waals surface area contributed by atoms with Crippen molar-refractivity contribution in [2.75, 3.05) is 26.6 Å². The van der Waals surface area contributed by atoms with Gasteiger partial charge in [-0.25, -0.2) is 0 Å². The lowest BCUT2D eigenvalue weighted by Gasteiger charge is -2.12. The summed E-state index contributed by atoms with van der Waals surface area (Å²) >= 11 is 0. The molecule has 0 aliphatic rings. The Bertz CT molecular complexity index is 936. The second-order valence-corrected chi connectivity index (χ2v) is 5.82. The molecule has 0 fully saturated rings. The molecule has 6 heteroatoms. The lowest BCUT2D eigenvalue weighted by atomic mass is 10.2. The first-order valence-corrected chi connectivity index (χ1v) is 8.58. The molecular weight excluding hydrogens is 358 g/mol. The number of rotatable bonds is 7. The van der Waals surface area contributed by atoms with Crippen LogP contribution in [0.15, 0.2) is 66.7 Å². The van der Waals surface area contributed by atoms with Crippen molar-refractivity contribution in [3.05, 3.63) is 72.3 Å². The predicted octanol–water partition coefficient (Wildman–Crippen LogP) is 4.76. The van der Waals surface area contributed by atoms with E-state index in [0.29, 0.717) is 34.2 Å². The van der Waals surface area contributed by atoms with Gasteiger partial charge in [0.1, 0.15) is 28.7 Å². The Morgan fingerprint density at radius 1 is 0.679 bits per heavy atom. The molecular formula is C22H21NO5. The number of nitrogens with one attached hydrogen (secondary N) is 1. The third-order valence-corrected chi connectivity index (χ3v) is 4.07. The molecule has 6 nitrogen and oxygen atoms in total. The first-order chi connectivity index (χ1) is 13.6. The highest BCUT2D eigenvalue weighted by Crippen LogP contribution is 2.29. The Labute approximate surface area is 163 Å².